The number of rotatable bonds is 0. The number of hydrogen-bond donors (Lipinski definition) is 1. The molecule has 0 saturated heterocycles. The smallest absolute Gasteiger partial charge is 0.338 e. The van der Waals surface area contributed by atoms with E-state index in [1.54, 1.807) is 6.07 Å². The molecule has 0 bridgehead atoms. The first kappa shape index (κ1) is 7.71. The Kier molecular flexibility index (Phi) is 1.63. The molecule has 2 aromatic rings. The van der Waals surface area contributed by atoms with Crippen molar-refractivity contribution in [1.29, 1.82) is 0 Å². The zero-order chi connectivity index (χ0) is 8.72. The second-order valence-electron chi connectivity index (χ2n) is 2.30. The predicted octanol–water partition coefficient (Wildman–Crippen LogP) is 2.43. The molecule has 5 heteroatoms. The Morgan fingerprint density at radius 1 is 1.25 bits per heavy atom. The van der Waals surface area contributed by atoms with Gasteiger partial charge in [0, 0.05) is 0 Å². The van der Waals surface area contributed by atoms with E-state index < -0.39 is 5.63 Å². The number of fused-ring (bicyclic) bond motifs is 1. The van der Waals surface area contributed by atoms with E-state index in [0.29, 0.717) is 20.9 Å². The van der Waals surface area contributed by atoms with E-state index in [-0.39, 0.29) is 0 Å². The van der Waals surface area contributed by atoms with Crippen LogP contribution in [-0.4, -0.2) is 5.16 Å². The van der Waals surface area contributed by atoms with E-state index in [2.05, 4.69) is 9.68 Å². The van der Waals surface area contributed by atoms with E-state index in [0.717, 1.165) is 0 Å². The Morgan fingerprint density at radius 2 is 1.92 bits per heavy atom. The largest absolute Gasteiger partial charge is 0.365 e. The monoisotopic (exact) mass is 203 g/mol. The molecule has 1 N–H and O–H groups in total. The fourth-order valence-electron chi connectivity index (χ4n) is 0.956. The van der Waals surface area contributed by atoms with Gasteiger partial charge in [-0.3, -0.25) is 0 Å². The molecule has 0 radical (unpaired) electrons. The predicted molar refractivity (Wildman–Crippen MR) is 46.9 cm³/mol. The Labute approximate surface area is 76.8 Å². The van der Waals surface area contributed by atoms with Crippen molar-refractivity contribution in [2.45, 2.75) is 0 Å². The zero-order valence-corrected chi connectivity index (χ0v) is 7.24. The molecule has 12 heavy (non-hydrogen) atoms. The third kappa shape index (κ3) is 1.02. The van der Waals surface area contributed by atoms with Crippen LogP contribution in [0.25, 0.3) is 10.9 Å². The highest BCUT2D eigenvalue weighted by molar-refractivity contribution is 6.42. The van der Waals surface area contributed by atoms with E-state index in [9.17, 15) is 4.79 Å². The maximum atomic E-state index is 10.9. The number of nitrogens with one attached hydrogen (secondary N) is 1. The third-order valence-corrected chi connectivity index (χ3v) is 2.26. The summed E-state index contributed by atoms with van der Waals surface area (Å²) in [7, 11) is 0. The van der Waals surface area contributed by atoms with Gasteiger partial charge in [0.25, 0.3) is 0 Å². The molecule has 1 aromatic heterocycles. The molecular weight excluding hydrogens is 201 g/mol. The Bertz CT molecular complexity index is 486. The van der Waals surface area contributed by atoms with Crippen molar-refractivity contribution in [2.75, 3.05) is 0 Å². The Balaban J connectivity index is 2.97. The summed E-state index contributed by atoms with van der Waals surface area (Å²) >= 11 is 11.4. The molecule has 0 unspecified atom stereocenters. The van der Waals surface area contributed by atoms with Crippen LogP contribution in [0.3, 0.4) is 0 Å². The van der Waals surface area contributed by atoms with E-state index in [1.807, 2.05) is 0 Å². The number of hydrogen-bond acceptors (Lipinski definition) is 2. The molecule has 0 fully saturated rings. The van der Waals surface area contributed by atoms with Crippen molar-refractivity contribution in [3.8, 4) is 0 Å². The van der Waals surface area contributed by atoms with Crippen LogP contribution in [0.5, 0.6) is 0 Å². The summed E-state index contributed by atoms with van der Waals surface area (Å²) in [4.78, 5) is 10.9. The van der Waals surface area contributed by atoms with Gasteiger partial charge >= 0.3 is 5.63 Å². The lowest BCUT2D eigenvalue weighted by Gasteiger charge is -1.91. The van der Waals surface area contributed by atoms with Crippen LogP contribution in [-0.2, 0) is 0 Å². The molecule has 1 heterocycles. The van der Waals surface area contributed by atoms with Crippen LogP contribution >= 0.6 is 23.2 Å². The lowest BCUT2D eigenvalue weighted by molar-refractivity contribution is 0.400. The van der Waals surface area contributed by atoms with Gasteiger partial charge in [0.15, 0.2) is 0 Å². The van der Waals surface area contributed by atoms with Crippen molar-refractivity contribution >= 4 is 34.1 Å². The first-order valence-corrected chi connectivity index (χ1v) is 3.90. The molecular formula is C7H3Cl2NO2. The minimum atomic E-state index is -0.441. The van der Waals surface area contributed by atoms with Crippen molar-refractivity contribution in [1.82, 2.24) is 5.16 Å². The highest BCUT2D eigenvalue weighted by Gasteiger charge is 2.06. The minimum Gasteiger partial charge on any atom is -0.338 e. The van der Waals surface area contributed by atoms with Gasteiger partial charge in [-0.15, -0.1) is 0 Å². The number of aromatic amines is 1. The summed E-state index contributed by atoms with van der Waals surface area (Å²) in [5, 5.41) is 3.57. The normalized spacial score (nSPS) is 10.8. The first-order chi connectivity index (χ1) is 5.68. The van der Waals surface area contributed by atoms with Gasteiger partial charge in [0.1, 0.15) is 0 Å². The van der Waals surface area contributed by atoms with Crippen LogP contribution < -0.4 is 5.63 Å². The van der Waals surface area contributed by atoms with Gasteiger partial charge < -0.3 is 4.52 Å². The number of halogens is 2. The molecule has 0 spiro atoms. The lowest BCUT2D eigenvalue weighted by Crippen LogP contribution is -1.90. The van der Waals surface area contributed by atoms with E-state index in [4.69, 9.17) is 23.2 Å². The molecule has 0 aliphatic rings. The van der Waals surface area contributed by atoms with Crippen LogP contribution in [0.1, 0.15) is 0 Å². The second-order valence-corrected chi connectivity index (χ2v) is 3.12. The quantitative estimate of drug-likeness (QED) is 0.716. The van der Waals surface area contributed by atoms with Gasteiger partial charge in [0.2, 0.25) is 0 Å². The maximum absolute atomic E-state index is 10.9. The molecule has 1 aromatic carbocycles. The summed E-state index contributed by atoms with van der Waals surface area (Å²) in [6, 6.07) is 3.02. The molecule has 62 valence electrons. The summed E-state index contributed by atoms with van der Waals surface area (Å²) in [6.45, 7) is 0. The molecule has 0 aliphatic carbocycles. The molecule has 3 nitrogen and oxygen atoms in total. The Morgan fingerprint density at radius 3 is 2.67 bits per heavy atom. The fourth-order valence-corrected chi connectivity index (χ4v) is 1.28. The maximum Gasteiger partial charge on any atom is 0.365 e. The SMILES string of the molecule is O=c1o[nH]c2cc(Cl)c(Cl)cc12. The van der Waals surface area contributed by atoms with Crippen LogP contribution in [0.15, 0.2) is 21.5 Å². The zero-order valence-electron chi connectivity index (χ0n) is 5.73. The summed E-state index contributed by atoms with van der Waals surface area (Å²) in [5.41, 5.74) is 0.109. The second kappa shape index (κ2) is 2.54. The fraction of sp³-hybridized carbons (Fsp3) is 0. The molecule has 0 saturated carbocycles. The molecule has 0 aliphatic heterocycles. The van der Waals surface area contributed by atoms with Crippen molar-refractivity contribution < 1.29 is 4.52 Å². The van der Waals surface area contributed by atoms with E-state index >= 15 is 0 Å². The summed E-state index contributed by atoms with van der Waals surface area (Å²) in [6.07, 6.45) is 0. The van der Waals surface area contributed by atoms with Crippen molar-refractivity contribution in [3.63, 3.8) is 0 Å². The first-order valence-electron chi connectivity index (χ1n) is 3.15. The molecule has 0 amide bonds. The van der Waals surface area contributed by atoms with Crippen LogP contribution in [0.2, 0.25) is 10.0 Å². The van der Waals surface area contributed by atoms with Crippen molar-refractivity contribution in [2.24, 2.45) is 0 Å². The number of benzene rings is 1. The average Bonchev–Trinajstić information content (AvgIpc) is 2.35. The number of aromatic nitrogens is 1. The summed E-state index contributed by atoms with van der Waals surface area (Å²) in [5.74, 6) is 0. The molecule has 0 atom stereocenters. The van der Waals surface area contributed by atoms with Crippen molar-refractivity contribution in [3.05, 3.63) is 32.6 Å². The van der Waals surface area contributed by atoms with Crippen LogP contribution in [0, 0.1) is 0 Å². The Hall–Kier alpha value is -0.930. The van der Waals surface area contributed by atoms with Crippen LogP contribution in [0.4, 0.5) is 0 Å². The highest BCUT2D eigenvalue weighted by Crippen LogP contribution is 2.25. The molecule has 2 rings (SSSR count). The number of H-pyrrole nitrogens is 1. The highest BCUT2D eigenvalue weighted by atomic mass is 35.5. The van der Waals surface area contributed by atoms with E-state index in [1.165, 1.54) is 6.07 Å². The van der Waals surface area contributed by atoms with Gasteiger partial charge in [0.05, 0.1) is 20.9 Å². The third-order valence-electron chi connectivity index (χ3n) is 1.53. The minimum absolute atomic E-state index is 0.344. The topological polar surface area (TPSA) is 46.0 Å². The van der Waals surface area contributed by atoms with Gasteiger partial charge in [-0.1, -0.05) is 23.2 Å². The standard InChI is InChI=1S/C7H3Cl2NO2/c8-4-1-3-6(2-5(4)9)10-12-7(3)11/h1-2,10H. The average molecular weight is 204 g/mol. The lowest BCUT2D eigenvalue weighted by atomic mass is 10.2. The summed E-state index contributed by atoms with van der Waals surface area (Å²) < 4.78 is 4.53. The van der Waals surface area contributed by atoms with Gasteiger partial charge in [-0.05, 0) is 12.1 Å². The van der Waals surface area contributed by atoms with Gasteiger partial charge in [-0.25, -0.2) is 9.95 Å². The van der Waals surface area contributed by atoms with Gasteiger partial charge in [-0.2, -0.15) is 0 Å².